The van der Waals surface area contributed by atoms with Crippen molar-refractivity contribution in [2.75, 3.05) is 53.4 Å². The molecule has 0 bridgehead atoms. The number of amides is 1. The van der Waals surface area contributed by atoms with Gasteiger partial charge in [-0.05, 0) is 84.0 Å². The van der Waals surface area contributed by atoms with Gasteiger partial charge in [0.25, 0.3) is 5.91 Å². The van der Waals surface area contributed by atoms with Crippen LogP contribution in [0.15, 0.2) is 11.8 Å². The van der Waals surface area contributed by atoms with Crippen LogP contribution in [0.3, 0.4) is 0 Å². The molecule has 0 aromatic rings. The summed E-state index contributed by atoms with van der Waals surface area (Å²) in [4.78, 5) is 36.8. The highest BCUT2D eigenvalue weighted by Gasteiger charge is 2.60. The number of carbonyl (C=O) groups is 2. The zero-order valence-corrected chi connectivity index (χ0v) is 25.1. The molecule has 3 aliphatic carbocycles. The van der Waals surface area contributed by atoms with Crippen molar-refractivity contribution in [2.45, 2.75) is 107 Å². The normalized spacial score (nSPS) is 43.3. The van der Waals surface area contributed by atoms with Gasteiger partial charge in [-0.2, -0.15) is 0 Å². The molecular formula is C32H50FN5O3. The number of nitrogens with one attached hydrogen (secondary N) is 1. The summed E-state index contributed by atoms with van der Waals surface area (Å²) in [6, 6.07) is 0.0952. The summed E-state index contributed by atoms with van der Waals surface area (Å²) in [5, 5.41) is 3.60. The van der Waals surface area contributed by atoms with E-state index in [0.29, 0.717) is 31.0 Å². The van der Waals surface area contributed by atoms with Gasteiger partial charge >= 0.3 is 0 Å². The number of Topliss-reactive ketones (excluding diaryl/α,β-unsaturated/α-hetero) is 1. The van der Waals surface area contributed by atoms with Gasteiger partial charge in [-0.25, -0.2) is 4.39 Å². The van der Waals surface area contributed by atoms with Crippen LogP contribution >= 0.6 is 0 Å². The van der Waals surface area contributed by atoms with E-state index in [-0.39, 0.29) is 48.0 Å². The highest BCUT2D eigenvalue weighted by Crippen LogP contribution is 2.51. The summed E-state index contributed by atoms with van der Waals surface area (Å²) in [6.45, 7) is 4.77. The lowest BCUT2D eigenvalue weighted by Gasteiger charge is -2.62. The number of likely N-dealkylation sites (tertiary alicyclic amines) is 1. The van der Waals surface area contributed by atoms with Crippen molar-refractivity contribution in [2.24, 2.45) is 17.8 Å². The second kappa shape index (κ2) is 11.5. The van der Waals surface area contributed by atoms with E-state index in [0.717, 1.165) is 39.0 Å². The third-order valence-corrected chi connectivity index (χ3v) is 12.0. The molecule has 10 atom stereocenters. The molecule has 3 saturated heterocycles. The molecule has 9 heteroatoms. The molecule has 0 aromatic carbocycles. The average Bonchev–Trinajstić information content (AvgIpc) is 3.39. The van der Waals surface area contributed by atoms with Crippen molar-refractivity contribution in [3.8, 4) is 0 Å². The molecule has 8 nitrogen and oxygen atoms in total. The Kier molecular flexibility index (Phi) is 7.93. The summed E-state index contributed by atoms with van der Waals surface area (Å²) in [7, 11) is 4.25. The Hall–Kier alpha value is -1.55. The van der Waals surface area contributed by atoms with Crippen LogP contribution in [-0.2, 0) is 14.3 Å². The molecule has 7 aliphatic rings. The maximum atomic E-state index is 16.1. The minimum absolute atomic E-state index is 0.0243. The van der Waals surface area contributed by atoms with Crippen LogP contribution in [0.4, 0.5) is 4.39 Å². The van der Waals surface area contributed by atoms with Crippen molar-refractivity contribution >= 4 is 11.7 Å². The van der Waals surface area contributed by atoms with Gasteiger partial charge in [0, 0.05) is 44.3 Å². The Morgan fingerprint density at radius 3 is 2.59 bits per heavy atom. The second-order valence-corrected chi connectivity index (χ2v) is 14.3. The molecule has 0 spiro atoms. The third-order valence-electron chi connectivity index (χ3n) is 12.0. The summed E-state index contributed by atoms with van der Waals surface area (Å²) >= 11 is 0. The lowest BCUT2D eigenvalue weighted by atomic mass is 9.63. The summed E-state index contributed by atoms with van der Waals surface area (Å²) in [6.07, 6.45) is 11.1. The molecule has 6 fully saturated rings. The smallest absolute Gasteiger partial charge is 0.259 e. The molecule has 0 aromatic heterocycles. The molecule has 4 aliphatic heterocycles. The first-order chi connectivity index (χ1) is 19.9. The molecule has 228 valence electrons. The standard InChI is InChI=1S/C32H50FN5O3/c1-35-14-16-37(17-15-35)32(40)24-19-38-28-22-8-4-3-6-20(22)9-10-26(28)41-31-27(25(33)18-23(29(31)38)30(24)39)34-12-11-21-7-5-13-36(21)2/h19-23,25-29,31,34H,3-18H2,1-2H3. The van der Waals surface area contributed by atoms with Gasteiger partial charge in [0.05, 0.1) is 35.9 Å². The van der Waals surface area contributed by atoms with Crippen molar-refractivity contribution < 1.29 is 18.7 Å². The fourth-order valence-electron chi connectivity index (χ4n) is 9.74. The lowest BCUT2D eigenvalue weighted by molar-refractivity contribution is -0.215. The number of hydrogen-bond donors (Lipinski definition) is 1. The number of carbonyl (C=O) groups excluding carboxylic acids is 2. The SMILES string of the molecule is CN1CCN(C(=O)C2=CN3C4C(CCC5CCCCC54)OC4C(NCCC5CCCN5C)C(F)CC(C2=O)C43)CC1. The molecule has 4 heterocycles. The van der Waals surface area contributed by atoms with Gasteiger partial charge in [-0.1, -0.05) is 19.3 Å². The van der Waals surface area contributed by atoms with Crippen LogP contribution in [0.25, 0.3) is 0 Å². The predicted molar refractivity (Wildman–Crippen MR) is 155 cm³/mol. The number of rotatable bonds is 5. The van der Waals surface area contributed by atoms with Crippen molar-refractivity contribution in [3.63, 3.8) is 0 Å². The Labute approximate surface area is 245 Å². The molecule has 0 radical (unpaired) electrons. The van der Waals surface area contributed by atoms with Gasteiger partial charge in [0.1, 0.15) is 6.17 Å². The Balaban J connectivity index is 1.19. The number of hydrogen-bond acceptors (Lipinski definition) is 7. The number of morpholine rings is 1. The Morgan fingerprint density at radius 1 is 1.00 bits per heavy atom. The number of fused-ring (bicyclic) bond motifs is 4. The molecule has 41 heavy (non-hydrogen) atoms. The summed E-state index contributed by atoms with van der Waals surface area (Å²) in [5.41, 5.74) is 0.288. The molecule has 7 rings (SSSR count). The Bertz CT molecular complexity index is 1030. The molecule has 1 amide bonds. The van der Waals surface area contributed by atoms with E-state index in [2.05, 4.69) is 34.1 Å². The first-order valence-electron chi connectivity index (χ1n) is 16.6. The van der Waals surface area contributed by atoms with Crippen molar-refractivity contribution in [1.29, 1.82) is 0 Å². The monoisotopic (exact) mass is 571 g/mol. The minimum Gasteiger partial charge on any atom is -0.369 e. The number of piperazine rings is 1. The van der Waals surface area contributed by atoms with E-state index in [1.54, 1.807) is 0 Å². The largest absolute Gasteiger partial charge is 0.369 e. The fourth-order valence-corrected chi connectivity index (χ4v) is 9.74. The molecular weight excluding hydrogens is 521 g/mol. The van der Waals surface area contributed by atoms with E-state index in [4.69, 9.17) is 4.74 Å². The summed E-state index contributed by atoms with van der Waals surface area (Å²) in [5.74, 6) is 0.345. The maximum Gasteiger partial charge on any atom is 0.259 e. The van der Waals surface area contributed by atoms with Crippen LogP contribution in [0, 0.1) is 17.8 Å². The first-order valence-corrected chi connectivity index (χ1v) is 16.6. The molecule has 3 saturated carbocycles. The third kappa shape index (κ3) is 5.06. The fraction of sp³-hybridized carbons (Fsp3) is 0.875. The number of nitrogens with zero attached hydrogens (tertiary/aromatic N) is 4. The van der Waals surface area contributed by atoms with Crippen LogP contribution in [0.1, 0.15) is 64.2 Å². The zero-order chi connectivity index (χ0) is 28.2. The van der Waals surface area contributed by atoms with E-state index >= 15 is 4.39 Å². The van der Waals surface area contributed by atoms with Crippen molar-refractivity contribution in [3.05, 3.63) is 11.8 Å². The minimum atomic E-state index is -1.17. The van der Waals surface area contributed by atoms with Gasteiger partial charge < -0.3 is 29.7 Å². The van der Waals surface area contributed by atoms with Gasteiger partial charge in [0.2, 0.25) is 0 Å². The van der Waals surface area contributed by atoms with Gasteiger partial charge in [-0.3, -0.25) is 9.59 Å². The number of likely N-dealkylation sites (N-methyl/N-ethyl adjacent to an activating group) is 1. The number of halogens is 1. The lowest BCUT2D eigenvalue weighted by Crippen LogP contribution is -2.74. The number of ether oxygens (including phenoxy) is 1. The number of ketones is 1. The zero-order valence-electron chi connectivity index (χ0n) is 25.1. The van der Waals surface area contributed by atoms with Crippen LogP contribution in [0.5, 0.6) is 0 Å². The maximum absolute atomic E-state index is 16.1. The second-order valence-electron chi connectivity index (χ2n) is 14.3. The van der Waals surface area contributed by atoms with E-state index in [1.165, 1.54) is 44.9 Å². The highest BCUT2D eigenvalue weighted by atomic mass is 19.1. The van der Waals surface area contributed by atoms with Crippen molar-refractivity contribution in [1.82, 2.24) is 24.9 Å². The predicted octanol–water partition coefficient (Wildman–Crippen LogP) is 2.43. The summed E-state index contributed by atoms with van der Waals surface area (Å²) < 4.78 is 23.1. The highest BCUT2D eigenvalue weighted by molar-refractivity contribution is 6.20. The van der Waals surface area contributed by atoms with Crippen LogP contribution in [-0.4, -0.2) is 127 Å². The topological polar surface area (TPSA) is 68.4 Å². The van der Waals surface area contributed by atoms with Gasteiger partial charge in [0.15, 0.2) is 5.78 Å². The number of alkyl halides is 1. The Morgan fingerprint density at radius 2 is 1.80 bits per heavy atom. The van der Waals surface area contributed by atoms with Crippen LogP contribution < -0.4 is 5.32 Å². The van der Waals surface area contributed by atoms with E-state index in [9.17, 15) is 9.59 Å². The molecule has 10 unspecified atom stereocenters. The molecule has 1 N–H and O–H groups in total. The first kappa shape index (κ1) is 28.2. The average molecular weight is 572 g/mol. The van der Waals surface area contributed by atoms with E-state index < -0.39 is 18.1 Å². The van der Waals surface area contributed by atoms with Gasteiger partial charge in [-0.15, -0.1) is 0 Å². The van der Waals surface area contributed by atoms with E-state index in [1.807, 2.05) is 11.1 Å². The quantitative estimate of drug-likeness (QED) is 0.509. The van der Waals surface area contributed by atoms with Crippen LogP contribution in [0.2, 0.25) is 0 Å².